The van der Waals surface area contributed by atoms with E-state index in [0.29, 0.717) is 17.1 Å². The van der Waals surface area contributed by atoms with Gasteiger partial charge in [0.05, 0.1) is 4.92 Å². The number of pyridine rings is 1. The van der Waals surface area contributed by atoms with Gasteiger partial charge in [0.1, 0.15) is 12.0 Å². The second-order valence-electron chi connectivity index (χ2n) is 5.05. The highest BCUT2D eigenvalue weighted by molar-refractivity contribution is 7.83. The topological polar surface area (TPSA) is 85.1 Å². The van der Waals surface area contributed by atoms with Crippen LogP contribution < -0.4 is 5.32 Å². The first-order chi connectivity index (χ1) is 10.4. The van der Waals surface area contributed by atoms with Crippen LogP contribution in [0.1, 0.15) is 16.7 Å². The predicted octanol–water partition coefficient (Wildman–Crippen LogP) is 3.23. The van der Waals surface area contributed by atoms with Gasteiger partial charge in [0.2, 0.25) is 0 Å². The van der Waals surface area contributed by atoms with Crippen LogP contribution in [0.3, 0.4) is 0 Å². The molecule has 2 rings (SSSR count). The number of nitro groups is 1. The van der Waals surface area contributed by atoms with Crippen LogP contribution in [-0.4, -0.2) is 20.4 Å². The Morgan fingerprint density at radius 3 is 2.68 bits per heavy atom. The van der Waals surface area contributed by atoms with E-state index in [2.05, 4.69) is 10.3 Å². The van der Waals surface area contributed by atoms with E-state index < -0.39 is 15.7 Å². The summed E-state index contributed by atoms with van der Waals surface area (Å²) in [6, 6.07) is 7.37. The standard InChI is InChI=1S/C15H17N3O3S/c1-10-7-15(16-8-14(10)18(19)20)17-13-6-4-5-12(11(13)2)9-22(3)21/h4-8H,9H2,1-3H3,(H,16,17). The molecule has 6 nitrogen and oxygen atoms in total. The van der Waals surface area contributed by atoms with Gasteiger partial charge < -0.3 is 5.32 Å². The van der Waals surface area contributed by atoms with E-state index in [0.717, 1.165) is 16.8 Å². The lowest BCUT2D eigenvalue weighted by Gasteiger charge is -2.12. The van der Waals surface area contributed by atoms with Crippen molar-refractivity contribution in [2.45, 2.75) is 19.6 Å². The molecule has 1 aromatic heterocycles. The molecular weight excluding hydrogens is 302 g/mol. The highest BCUT2D eigenvalue weighted by atomic mass is 32.2. The molecular formula is C15H17N3O3S. The SMILES string of the molecule is Cc1cc(Nc2cccc(CS(C)=O)c2C)ncc1[N+](=O)[O-]. The van der Waals surface area contributed by atoms with E-state index in [1.807, 2.05) is 25.1 Å². The van der Waals surface area contributed by atoms with Crippen molar-refractivity contribution in [2.24, 2.45) is 0 Å². The molecule has 0 aliphatic carbocycles. The minimum atomic E-state index is -0.912. The largest absolute Gasteiger partial charge is 0.340 e. The third kappa shape index (κ3) is 3.67. The summed E-state index contributed by atoms with van der Waals surface area (Å²) in [5, 5.41) is 14.0. The van der Waals surface area contributed by atoms with Crippen molar-refractivity contribution in [3.63, 3.8) is 0 Å². The van der Waals surface area contributed by atoms with Crippen LogP contribution >= 0.6 is 0 Å². The second-order valence-corrected chi connectivity index (χ2v) is 6.48. The fourth-order valence-corrected chi connectivity index (χ4v) is 2.89. The molecule has 116 valence electrons. The number of hydrogen-bond donors (Lipinski definition) is 1. The van der Waals surface area contributed by atoms with Gasteiger partial charge in [0.15, 0.2) is 0 Å². The third-order valence-electron chi connectivity index (χ3n) is 3.35. The van der Waals surface area contributed by atoms with E-state index in [1.54, 1.807) is 19.2 Å². The van der Waals surface area contributed by atoms with Gasteiger partial charge in [-0.05, 0) is 37.1 Å². The van der Waals surface area contributed by atoms with Gasteiger partial charge in [0.25, 0.3) is 5.69 Å². The maximum atomic E-state index is 11.4. The van der Waals surface area contributed by atoms with Crippen LogP contribution in [0.2, 0.25) is 0 Å². The fourth-order valence-electron chi connectivity index (χ4n) is 2.14. The van der Waals surface area contributed by atoms with E-state index in [4.69, 9.17) is 0 Å². The number of benzene rings is 1. The second kappa shape index (κ2) is 6.65. The number of anilines is 2. The zero-order valence-electron chi connectivity index (χ0n) is 12.6. The Bertz CT molecular complexity index is 747. The molecule has 1 unspecified atom stereocenters. The Kier molecular flexibility index (Phi) is 4.87. The molecule has 0 saturated carbocycles. The summed E-state index contributed by atoms with van der Waals surface area (Å²) in [4.78, 5) is 14.4. The van der Waals surface area contributed by atoms with Gasteiger partial charge in [-0.3, -0.25) is 14.3 Å². The van der Waals surface area contributed by atoms with E-state index >= 15 is 0 Å². The quantitative estimate of drug-likeness (QED) is 0.675. The monoisotopic (exact) mass is 319 g/mol. The number of aryl methyl sites for hydroxylation is 1. The first-order valence-corrected chi connectivity index (χ1v) is 8.37. The zero-order chi connectivity index (χ0) is 16.3. The van der Waals surface area contributed by atoms with Gasteiger partial charge in [-0.15, -0.1) is 0 Å². The summed E-state index contributed by atoms with van der Waals surface area (Å²) in [7, 11) is -0.912. The molecule has 0 saturated heterocycles. The van der Waals surface area contributed by atoms with Crippen molar-refractivity contribution < 1.29 is 9.13 Å². The average Bonchev–Trinajstić information content (AvgIpc) is 2.42. The van der Waals surface area contributed by atoms with Crippen LogP contribution in [0, 0.1) is 24.0 Å². The minimum absolute atomic E-state index is 0.00241. The summed E-state index contributed by atoms with van der Waals surface area (Å²) in [6.07, 6.45) is 2.92. The zero-order valence-corrected chi connectivity index (χ0v) is 13.4. The van der Waals surface area contributed by atoms with Crippen molar-refractivity contribution in [2.75, 3.05) is 11.6 Å². The normalized spacial score (nSPS) is 12.0. The molecule has 1 atom stereocenters. The molecule has 0 bridgehead atoms. The molecule has 7 heteroatoms. The lowest BCUT2D eigenvalue weighted by molar-refractivity contribution is -0.385. The first kappa shape index (κ1) is 16.1. The number of nitrogens with zero attached hydrogens (tertiary/aromatic N) is 2. The molecule has 0 aliphatic heterocycles. The van der Waals surface area contributed by atoms with Crippen molar-refractivity contribution in [1.29, 1.82) is 0 Å². The van der Waals surface area contributed by atoms with Gasteiger partial charge in [-0.2, -0.15) is 0 Å². The molecule has 22 heavy (non-hydrogen) atoms. The predicted molar refractivity (Wildman–Crippen MR) is 87.9 cm³/mol. The Morgan fingerprint density at radius 2 is 2.09 bits per heavy atom. The maximum absolute atomic E-state index is 11.4. The Morgan fingerprint density at radius 1 is 1.36 bits per heavy atom. The summed E-state index contributed by atoms with van der Waals surface area (Å²) < 4.78 is 11.4. The van der Waals surface area contributed by atoms with Gasteiger partial charge in [-0.25, -0.2) is 4.98 Å². The lowest BCUT2D eigenvalue weighted by atomic mass is 10.1. The van der Waals surface area contributed by atoms with Crippen LogP contribution in [0.25, 0.3) is 0 Å². The highest BCUT2D eigenvalue weighted by Crippen LogP contribution is 2.25. The van der Waals surface area contributed by atoms with Crippen molar-refractivity contribution >= 4 is 28.0 Å². The van der Waals surface area contributed by atoms with E-state index in [1.165, 1.54) is 6.20 Å². The molecule has 0 radical (unpaired) electrons. The molecule has 0 amide bonds. The number of hydrogen-bond acceptors (Lipinski definition) is 5. The van der Waals surface area contributed by atoms with Crippen LogP contribution in [0.4, 0.5) is 17.2 Å². The highest BCUT2D eigenvalue weighted by Gasteiger charge is 2.12. The molecule has 1 aromatic carbocycles. The molecule has 2 aromatic rings. The average molecular weight is 319 g/mol. The summed E-state index contributed by atoms with van der Waals surface area (Å²) in [6.45, 7) is 3.62. The molecule has 0 fully saturated rings. The lowest BCUT2D eigenvalue weighted by Crippen LogP contribution is -2.02. The van der Waals surface area contributed by atoms with Crippen LogP contribution in [0.5, 0.6) is 0 Å². The Labute approximate surface area is 131 Å². The van der Waals surface area contributed by atoms with Gasteiger partial charge in [0, 0.05) is 34.1 Å². The van der Waals surface area contributed by atoms with E-state index in [-0.39, 0.29) is 5.69 Å². The summed E-state index contributed by atoms with van der Waals surface area (Å²) >= 11 is 0. The van der Waals surface area contributed by atoms with Crippen LogP contribution in [0.15, 0.2) is 30.5 Å². The number of nitrogens with one attached hydrogen (secondary N) is 1. The van der Waals surface area contributed by atoms with Crippen molar-refractivity contribution in [3.8, 4) is 0 Å². The summed E-state index contributed by atoms with van der Waals surface area (Å²) in [5.74, 6) is 1.04. The van der Waals surface area contributed by atoms with Crippen molar-refractivity contribution in [3.05, 3.63) is 57.3 Å². The maximum Gasteiger partial charge on any atom is 0.290 e. The van der Waals surface area contributed by atoms with Crippen molar-refractivity contribution in [1.82, 2.24) is 4.98 Å². The number of aromatic nitrogens is 1. The Balaban J connectivity index is 2.29. The molecule has 1 N–H and O–H groups in total. The first-order valence-electron chi connectivity index (χ1n) is 6.65. The Hall–Kier alpha value is -2.28. The molecule has 0 spiro atoms. The van der Waals surface area contributed by atoms with Crippen LogP contribution in [-0.2, 0) is 16.6 Å². The molecule has 1 heterocycles. The minimum Gasteiger partial charge on any atom is -0.340 e. The van der Waals surface area contributed by atoms with Gasteiger partial charge >= 0.3 is 0 Å². The smallest absolute Gasteiger partial charge is 0.290 e. The van der Waals surface area contributed by atoms with E-state index in [9.17, 15) is 14.3 Å². The number of rotatable bonds is 5. The fraction of sp³-hybridized carbons (Fsp3) is 0.267. The third-order valence-corrected chi connectivity index (χ3v) is 4.06. The summed E-state index contributed by atoms with van der Waals surface area (Å²) in [5.41, 5.74) is 3.40. The van der Waals surface area contributed by atoms with Gasteiger partial charge in [-0.1, -0.05) is 12.1 Å². The molecule has 0 aliphatic rings.